The lowest BCUT2D eigenvalue weighted by Crippen LogP contribution is -1.96. The Balaban J connectivity index is 2.69. The number of aromatic hydroxyl groups is 1. The van der Waals surface area contributed by atoms with E-state index in [0.717, 1.165) is 18.3 Å². The Bertz CT molecular complexity index is 592. The number of phenols is 1. The van der Waals surface area contributed by atoms with Gasteiger partial charge in [0.1, 0.15) is 5.69 Å². The molecule has 0 bridgehead atoms. The highest BCUT2D eigenvalue weighted by atomic mass is 35.5. The van der Waals surface area contributed by atoms with E-state index in [-0.39, 0.29) is 5.28 Å². The van der Waals surface area contributed by atoms with E-state index in [1.54, 1.807) is 0 Å². The number of hydrogen-bond donors (Lipinski definition) is 1. The molecular formula is C10H4ClF3N2O. The van der Waals surface area contributed by atoms with Crippen LogP contribution in [0.4, 0.5) is 13.2 Å². The molecule has 7 heteroatoms. The Labute approximate surface area is 98.5 Å². The van der Waals surface area contributed by atoms with Crippen molar-refractivity contribution in [2.75, 3.05) is 0 Å². The molecule has 17 heavy (non-hydrogen) atoms. The fourth-order valence-corrected chi connectivity index (χ4v) is 1.39. The van der Waals surface area contributed by atoms with Crippen molar-refractivity contribution >= 4 is 11.6 Å². The van der Waals surface area contributed by atoms with Crippen molar-refractivity contribution in [3.8, 4) is 17.0 Å². The molecule has 2 rings (SSSR count). The van der Waals surface area contributed by atoms with Crippen molar-refractivity contribution in [1.29, 1.82) is 0 Å². The molecule has 2 aromatic rings. The van der Waals surface area contributed by atoms with E-state index in [0.29, 0.717) is 0 Å². The highest BCUT2D eigenvalue weighted by Crippen LogP contribution is 2.30. The van der Waals surface area contributed by atoms with E-state index in [4.69, 9.17) is 16.7 Å². The molecule has 0 atom stereocenters. The molecular weight excluding hydrogens is 257 g/mol. The minimum absolute atomic E-state index is 0.287. The topological polar surface area (TPSA) is 46.0 Å². The number of rotatable bonds is 1. The second kappa shape index (κ2) is 4.21. The maximum atomic E-state index is 13.5. The van der Waals surface area contributed by atoms with Gasteiger partial charge < -0.3 is 5.11 Å². The second-order valence-electron chi connectivity index (χ2n) is 3.09. The van der Waals surface area contributed by atoms with Crippen LogP contribution < -0.4 is 0 Å². The van der Waals surface area contributed by atoms with E-state index in [1.165, 1.54) is 0 Å². The molecule has 0 aliphatic rings. The summed E-state index contributed by atoms with van der Waals surface area (Å²) in [5.41, 5.74) is -0.844. The summed E-state index contributed by atoms with van der Waals surface area (Å²) in [6.45, 7) is 0. The third kappa shape index (κ3) is 2.03. The summed E-state index contributed by atoms with van der Waals surface area (Å²) in [5, 5.41) is 8.77. The summed E-state index contributed by atoms with van der Waals surface area (Å²) >= 11 is 5.44. The summed E-state index contributed by atoms with van der Waals surface area (Å²) in [4.78, 5) is 6.84. The van der Waals surface area contributed by atoms with Gasteiger partial charge >= 0.3 is 0 Å². The number of phenolic OH excluding ortho intramolecular Hbond substituents is 1. The zero-order valence-corrected chi connectivity index (χ0v) is 8.84. The third-order valence-electron chi connectivity index (χ3n) is 2.04. The van der Waals surface area contributed by atoms with Gasteiger partial charge in [0.15, 0.2) is 23.2 Å². The molecule has 0 saturated carbocycles. The maximum absolute atomic E-state index is 13.5. The Hall–Kier alpha value is -1.82. The van der Waals surface area contributed by atoms with E-state index in [9.17, 15) is 13.2 Å². The fraction of sp³-hybridized carbons (Fsp3) is 0. The van der Waals surface area contributed by atoms with Gasteiger partial charge in [-0.2, -0.15) is 0 Å². The molecule has 0 saturated heterocycles. The van der Waals surface area contributed by atoms with Crippen LogP contribution >= 0.6 is 11.6 Å². The lowest BCUT2D eigenvalue weighted by Gasteiger charge is -2.05. The number of nitrogens with zero attached hydrogens (tertiary/aromatic N) is 2. The van der Waals surface area contributed by atoms with Gasteiger partial charge in [-0.1, -0.05) is 0 Å². The van der Waals surface area contributed by atoms with Gasteiger partial charge in [-0.05, 0) is 23.7 Å². The second-order valence-corrected chi connectivity index (χ2v) is 3.43. The fourth-order valence-electron chi connectivity index (χ4n) is 1.26. The summed E-state index contributed by atoms with van der Waals surface area (Å²) in [7, 11) is 0. The van der Waals surface area contributed by atoms with Crippen molar-refractivity contribution < 1.29 is 18.3 Å². The van der Waals surface area contributed by atoms with Crippen LogP contribution in [0.2, 0.25) is 5.28 Å². The van der Waals surface area contributed by atoms with Crippen molar-refractivity contribution in [2.45, 2.75) is 0 Å². The van der Waals surface area contributed by atoms with E-state index < -0.39 is 34.5 Å². The third-order valence-corrected chi connectivity index (χ3v) is 2.22. The van der Waals surface area contributed by atoms with Gasteiger partial charge in [0.25, 0.3) is 0 Å². The predicted octanol–water partition coefficient (Wildman–Crippen LogP) is 2.92. The van der Waals surface area contributed by atoms with Crippen LogP contribution in [0.1, 0.15) is 0 Å². The molecule has 0 fully saturated rings. The van der Waals surface area contributed by atoms with Crippen molar-refractivity contribution in [3.05, 3.63) is 41.1 Å². The summed E-state index contributed by atoms with van der Waals surface area (Å²) < 4.78 is 39.7. The molecule has 0 unspecified atom stereocenters. The van der Waals surface area contributed by atoms with E-state index in [2.05, 4.69) is 9.97 Å². The van der Waals surface area contributed by atoms with Gasteiger partial charge in [-0.25, -0.2) is 23.1 Å². The van der Waals surface area contributed by atoms with Gasteiger partial charge in [0, 0.05) is 5.56 Å². The van der Waals surface area contributed by atoms with Crippen LogP contribution in [0.5, 0.6) is 5.75 Å². The van der Waals surface area contributed by atoms with Crippen LogP contribution in [-0.4, -0.2) is 15.1 Å². The van der Waals surface area contributed by atoms with Crippen LogP contribution in [0.15, 0.2) is 18.3 Å². The zero-order valence-electron chi connectivity index (χ0n) is 8.09. The molecule has 0 spiro atoms. The van der Waals surface area contributed by atoms with Gasteiger partial charge in [0.05, 0.1) is 6.20 Å². The molecule has 0 amide bonds. The van der Waals surface area contributed by atoms with E-state index >= 15 is 0 Å². The molecule has 1 aromatic carbocycles. The molecule has 1 N–H and O–H groups in total. The minimum Gasteiger partial charge on any atom is -0.503 e. The molecule has 88 valence electrons. The standard InChI is InChI=1S/C10H4ClF3N2O/c11-10-15-3-6(13)8(16-10)4-1-2-5(12)9(17)7(4)14/h1-3,17H. The zero-order chi connectivity index (χ0) is 12.6. The first-order valence-corrected chi connectivity index (χ1v) is 4.74. The van der Waals surface area contributed by atoms with Crippen LogP contribution in [0.3, 0.4) is 0 Å². The quantitative estimate of drug-likeness (QED) is 0.802. The first-order valence-electron chi connectivity index (χ1n) is 4.36. The number of benzene rings is 1. The van der Waals surface area contributed by atoms with Crippen molar-refractivity contribution in [3.63, 3.8) is 0 Å². The first kappa shape index (κ1) is 11.7. The summed E-state index contributed by atoms with van der Waals surface area (Å²) in [6, 6.07) is 1.75. The van der Waals surface area contributed by atoms with Crippen LogP contribution in [0, 0.1) is 17.5 Å². The molecule has 1 heterocycles. The Kier molecular flexibility index (Phi) is 2.89. The smallest absolute Gasteiger partial charge is 0.223 e. The molecule has 0 aliphatic carbocycles. The molecule has 0 aliphatic heterocycles. The Morgan fingerprint density at radius 2 is 1.82 bits per heavy atom. The highest BCUT2D eigenvalue weighted by molar-refractivity contribution is 6.28. The van der Waals surface area contributed by atoms with Gasteiger partial charge in [0.2, 0.25) is 5.28 Å². The van der Waals surface area contributed by atoms with Crippen LogP contribution in [-0.2, 0) is 0 Å². The van der Waals surface area contributed by atoms with Crippen molar-refractivity contribution in [1.82, 2.24) is 9.97 Å². The lowest BCUT2D eigenvalue weighted by molar-refractivity contribution is 0.397. The molecule has 1 aromatic heterocycles. The normalized spacial score (nSPS) is 10.6. The largest absolute Gasteiger partial charge is 0.503 e. The minimum atomic E-state index is -1.31. The maximum Gasteiger partial charge on any atom is 0.223 e. The van der Waals surface area contributed by atoms with Crippen LogP contribution in [0.25, 0.3) is 11.3 Å². The Morgan fingerprint density at radius 1 is 1.12 bits per heavy atom. The highest BCUT2D eigenvalue weighted by Gasteiger charge is 2.18. The average molecular weight is 261 g/mol. The lowest BCUT2D eigenvalue weighted by atomic mass is 10.1. The summed E-state index contributed by atoms with van der Waals surface area (Å²) in [6.07, 6.45) is 0.754. The number of halogens is 4. The summed E-state index contributed by atoms with van der Waals surface area (Å²) in [5.74, 6) is -4.58. The van der Waals surface area contributed by atoms with E-state index in [1.807, 2.05) is 0 Å². The predicted molar refractivity (Wildman–Crippen MR) is 54.0 cm³/mol. The average Bonchev–Trinajstić information content (AvgIpc) is 2.30. The monoisotopic (exact) mass is 260 g/mol. The molecule has 0 radical (unpaired) electrons. The first-order chi connectivity index (χ1) is 8.00. The van der Waals surface area contributed by atoms with Gasteiger partial charge in [-0.15, -0.1) is 0 Å². The number of hydrogen-bond acceptors (Lipinski definition) is 3. The SMILES string of the molecule is Oc1c(F)ccc(-c2nc(Cl)ncc2F)c1F. The molecule has 3 nitrogen and oxygen atoms in total. The van der Waals surface area contributed by atoms with Crippen molar-refractivity contribution in [2.24, 2.45) is 0 Å². The Morgan fingerprint density at radius 3 is 2.53 bits per heavy atom. The number of aromatic nitrogens is 2. The van der Waals surface area contributed by atoms with Gasteiger partial charge in [-0.3, -0.25) is 0 Å².